The first-order chi connectivity index (χ1) is 5.33. The van der Waals surface area contributed by atoms with Crippen molar-refractivity contribution in [3.8, 4) is 0 Å². The number of nitrogens with two attached hydrogens (primary N) is 1. The quantitative estimate of drug-likeness (QED) is 0.612. The predicted octanol–water partition coefficient (Wildman–Crippen LogP) is 3.33. The Morgan fingerprint density at radius 1 is 0.727 bits per heavy atom. The van der Waals surface area contributed by atoms with E-state index in [0.29, 0.717) is 0 Å². The molecule has 0 fully saturated rings. The van der Waals surface area contributed by atoms with E-state index in [1.54, 1.807) is 0 Å². The molecular weight excluding hydrogens is 134 g/mol. The zero-order chi connectivity index (χ0) is 8.95. The molecule has 0 aromatic heterocycles. The minimum Gasteiger partial charge on any atom is -0.330 e. The smallest absolute Gasteiger partial charge is 0.00799 e. The maximum Gasteiger partial charge on any atom is -0.00799 e. The van der Waals surface area contributed by atoms with Gasteiger partial charge in [0.15, 0.2) is 0 Å². The largest absolute Gasteiger partial charge is 0.330 e. The highest BCUT2D eigenvalue weighted by molar-refractivity contribution is 4.35. The molecule has 2 N–H and O–H groups in total. The Balaban J connectivity index is 0. The minimum atomic E-state index is 0.819. The lowest BCUT2D eigenvalue weighted by Gasteiger charge is -1.90. The van der Waals surface area contributed by atoms with Gasteiger partial charge in [0.1, 0.15) is 0 Å². The van der Waals surface area contributed by atoms with Crippen LogP contribution in [-0.2, 0) is 0 Å². The molecule has 0 radical (unpaired) electrons. The van der Waals surface area contributed by atoms with Gasteiger partial charge in [-0.15, -0.1) is 0 Å². The second-order valence-electron chi connectivity index (χ2n) is 2.85. The lowest BCUT2D eigenvalue weighted by atomic mass is 10.2. The second kappa shape index (κ2) is 16.5. The van der Waals surface area contributed by atoms with E-state index in [0.717, 1.165) is 13.0 Å². The van der Waals surface area contributed by atoms with Gasteiger partial charge in [-0.3, -0.25) is 0 Å². The molecule has 0 saturated heterocycles. The minimum absolute atomic E-state index is 0.819. The van der Waals surface area contributed by atoms with Crippen molar-refractivity contribution in [2.75, 3.05) is 6.54 Å². The zero-order valence-corrected chi connectivity index (χ0v) is 8.53. The monoisotopic (exact) mass is 159 g/mol. The van der Waals surface area contributed by atoms with Crippen LogP contribution in [0.15, 0.2) is 0 Å². The van der Waals surface area contributed by atoms with Gasteiger partial charge in [-0.1, -0.05) is 52.9 Å². The number of hydrogen-bond donors (Lipinski definition) is 1. The van der Waals surface area contributed by atoms with Crippen molar-refractivity contribution in [1.82, 2.24) is 0 Å². The van der Waals surface area contributed by atoms with Gasteiger partial charge < -0.3 is 5.73 Å². The highest BCUT2D eigenvalue weighted by Crippen LogP contribution is 2.00. The van der Waals surface area contributed by atoms with Gasteiger partial charge in [0, 0.05) is 0 Å². The molecule has 0 aliphatic rings. The molecular formula is C10H25N. The van der Waals surface area contributed by atoms with Crippen molar-refractivity contribution in [3.63, 3.8) is 0 Å². The number of unbranched alkanes of at least 4 members (excludes halogenated alkanes) is 4. The molecule has 0 heterocycles. The van der Waals surface area contributed by atoms with Crippen molar-refractivity contribution in [1.29, 1.82) is 0 Å². The molecule has 11 heavy (non-hydrogen) atoms. The van der Waals surface area contributed by atoms with Gasteiger partial charge >= 0.3 is 0 Å². The summed E-state index contributed by atoms with van der Waals surface area (Å²) in [5.41, 5.74) is 5.03. The highest BCUT2D eigenvalue weighted by Gasteiger charge is 1.80. The molecule has 0 bridgehead atoms. The molecule has 0 aromatic carbocycles. The summed E-state index contributed by atoms with van der Waals surface area (Å²) < 4.78 is 0. The molecule has 0 unspecified atom stereocenters. The van der Waals surface area contributed by atoms with Crippen molar-refractivity contribution in [2.45, 2.75) is 59.3 Å². The maximum absolute atomic E-state index is 5.03. The molecule has 0 aliphatic carbocycles. The summed E-state index contributed by atoms with van der Waals surface area (Å²) in [4.78, 5) is 0. The number of hydrogen-bond acceptors (Lipinski definition) is 1. The molecule has 1 heteroatoms. The standard InChI is InChI=1S/C7H16.C3H9N/c1-3-5-7-6-4-2;1-2-3-4/h3-7H2,1-2H3;2-4H2,1H3. The van der Waals surface area contributed by atoms with E-state index in [-0.39, 0.29) is 0 Å². The maximum atomic E-state index is 5.03. The van der Waals surface area contributed by atoms with Gasteiger partial charge in [-0.25, -0.2) is 0 Å². The summed E-state index contributed by atoms with van der Waals surface area (Å²) >= 11 is 0. The lowest BCUT2D eigenvalue weighted by Crippen LogP contribution is -1.93. The summed E-state index contributed by atoms with van der Waals surface area (Å²) in [6, 6.07) is 0. The third-order valence-corrected chi connectivity index (χ3v) is 1.50. The van der Waals surface area contributed by atoms with E-state index in [9.17, 15) is 0 Å². The van der Waals surface area contributed by atoms with Crippen LogP contribution in [-0.4, -0.2) is 6.54 Å². The van der Waals surface area contributed by atoms with E-state index in [1.807, 2.05) is 0 Å². The summed E-state index contributed by atoms with van der Waals surface area (Å²) in [6.07, 6.45) is 8.11. The van der Waals surface area contributed by atoms with Crippen molar-refractivity contribution in [3.05, 3.63) is 0 Å². The Bertz CT molecular complexity index is 38.1. The Labute approximate surface area is 72.4 Å². The Morgan fingerprint density at radius 2 is 1.09 bits per heavy atom. The SMILES string of the molecule is CCCCCCC.CCCN. The van der Waals surface area contributed by atoms with Crippen LogP contribution in [0.25, 0.3) is 0 Å². The van der Waals surface area contributed by atoms with Crippen molar-refractivity contribution in [2.24, 2.45) is 5.73 Å². The zero-order valence-electron chi connectivity index (χ0n) is 8.53. The van der Waals surface area contributed by atoms with Crippen LogP contribution in [0.1, 0.15) is 59.3 Å². The fourth-order valence-electron chi connectivity index (χ4n) is 0.677. The average Bonchev–Trinajstić information content (AvgIpc) is 2.06. The summed E-state index contributed by atoms with van der Waals surface area (Å²) in [5, 5.41) is 0. The van der Waals surface area contributed by atoms with Crippen LogP contribution in [0.4, 0.5) is 0 Å². The normalized spacial score (nSPS) is 8.73. The molecule has 0 spiro atoms. The highest BCUT2D eigenvalue weighted by atomic mass is 14.5. The number of rotatable bonds is 5. The molecule has 1 nitrogen and oxygen atoms in total. The van der Waals surface area contributed by atoms with Crippen LogP contribution in [0, 0.1) is 0 Å². The molecule has 0 aliphatic heterocycles. The van der Waals surface area contributed by atoms with Gasteiger partial charge in [0.25, 0.3) is 0 Å². The van der Waals surface area contributed by atoms with Crippen LogP contribution in [0.5, 0.6) is 0 Å². The fraction of sp³-hybridized carbons (Fsp3) is 1.00. The van der Waals surface area contributed by atoms with Crippen LogP contribution >= 0.6 is 0 Å². The Kier molecular flexibility index (Phi) is 20.3. The van der Waals surface area contributed by atoms with Gasteiger partial charge in [-0.05, 0) is 13.0 Å². The van der Waals surface area contributed by atoms with Crippen LogP contribution in [0.2, 0.25) is 0 Å². The summed E-state index contributed by atoms with van der Waals surface area (Å²) in [6.45, 7) is 7.37. The fourth-order valence-corrected chi connectivity index (χ4v) is 0.677. The third kappa shape index (κ3) is 25.7. The van der Waals surface area contributed by atoms with Gasteiger partial charge in [-0.2, -0.15) is 0 Å². The first-order valence-corrected chi connectivity index (χ1v) is 5.03. The first-order valence-electron chi connectivity index (χ1n) is 5.03. The Hall–Kier alpha value is -0.0400. The molecule has 0 saturated carbocycles. The van der Waals surface area contributed by atoms with E-state index in [4.69, 9.17) is 5.73 Å². The average molecular weight is 159 g/mol. The first kappa shape index (κ1) is 13.5. The van der Waals surface area contributed by atoms with Gasteiger partial charge in [0.2, 0.25) is 0 Å². The molecule has 70 valence electrons. The predicted molar refractivity (Wildman–Crippen MR) is 53.8 cm³/mol. The van der Waals surface area contributed by atoms with E-state index < -0.39 is 0 Å². The molecule has 0 aromatic rings. The van der Waals surface area contributed by atoms with E-state index in [2.05, 4.69) is 20.8 Å². The van der Waals surface area contributed by atoms with Crippen molar-refractivity contribution >= 4 is 0 Å². The molecule has 0 rings (SSSR count). The second-order valence-corrected chi connectivity index (χ2v) is 2.85. The summed E-state index contributed by atoms with van der Waals surface area (Å²) in [7, 11) is 0. The van der Waals surface area contributed by atoms with Crippen LogP contribution < -0.4 is 5.73 Å². The molecule has 0 amide bonds. The van der Waals surface area contributed by atoms with E-state index in [1.165, 1.54) is 32.1 Å². The molecule has 0 atom stereocenters. The van der Waals surface area contributed by atoms with Crippen molar-refractivity contribution < 1.29 is 0 Å². The topological polar surface area (TPSA) is 26.0 Å². The van der Waals surface area contributed by atoms with Gasteiger partial charge in [0.05, 0.1) is 0 Å². The Morgan fingerprint density at radius 3 is 1.27 bits per heavy atom. The van der Waals surface area contributed by atoms with Crippen LogP contribution in [0.3, 0.4) is 0 Å². The summed E-state index contributed by atoms with van der Waals surface area (Å²) in [5.74, 6) is 0. The lowest BCUT2D eigenvalue weighted by molar-refractivity contribution is 0.656. The van der Waals surface area contributed by atoms with E-state index >= 15 is 0 Å². The third-order valence-electron chi connectivity index (χ3n) is 1.50.